The number of aliphatic hydroxyl groups is 1. The van der Waals surface area contributed by atoms with Gasteiger partial charge in [-0.25, -0.2) is 0 Å². The first-order chi connectivity index (χ1) is 9.03. The molecule has 2 unspecified atom stereocenters. The van der Waals surface area contributed by atoms with E-state index in [1.807, 2.05) is 37.3 Å². The molecular weight excluding hydrogens is 242 g/mol. The molecule has 1 aromatic rings. The summed E-state index contributed by atoms with van der Waals surface area (Å²) in [5, 5.41) is 13.2. The number of β-amino-alcohol motifs (C(OH)–C–C–N with tert-alkyl or cyclic N) is 1. The quantitative estimate of drug-likeness (QED) is 0.741. The second-order valence-corrected chi connectivity index (χ2v) is 4.88. The van der Waals surface area contributed by atoms with E-state index in [1.165, 1.54) is 7.11 Å². The summed E-state index contributed by atoms with van der Waals surface area (Å²) in [5.41, 5.74) is 0.0814. The van der Waals surface area contributed by atoms with Gasteiger partial charge in [-0.15, -0.1) is 0 Å². The third-order valence-electron chi connectivity index (χ3n) is 3.26. The van der Waals surface area contributed by atoms with E-state index in [0.717, 1.165) is 12.0 Å². The number of benzene rings is 1. The number of aliphatic hydroxyl groups excluding tert-OH is 1. The molecule has 0 aliphatic heterocycles. The number of nitrogens with one attached hydrogen (secondary N) is 1. The Kier molecular flexibility index (Phi) is 5.99. The Hall–Kier alpha value is -1.39. The highest BCUT2D eigenvalue weighted by Gasteiger charge is 2.33. The van der Waals surface area contributed by atoms with Crippen molar-refractivity contribution in [1.29, 1.82) is 0 Å². The van der Waals surface area contributed by atoms with E-state index in [2.05, 4.69) is 5.32 Å². The Labute approximate surface area is 114 Å². The molecule has 0 bridgehead atoms. The van der Waals surface area contributed by atoms with E-state index >= 15 is 0 Å². The zero-order chi connectivity index (χ0) is 14.3. The lowest BCUT2D eigenvalue weighted by Crippen LogP contribution is -2.51. The van der Waals surface area contributed by atoms with Gasteiger partial charge in [0.2, 0.25) is 0 Å². The lowest BCUT2D eigenvalue weighted by molar-refractivity contribution is -0.148. The van der Waals surface area contributed by atoms with E-state index in [9.17, 15) is 9.90 Å². The van der Waals surface area contributed by atoms with Crippen LogP contribution in [0.25, 0.3) is 0 Å². The van der Waals surface area contributed by atoms with Gasteiger partial charge in [0, 0.05) is 6.54 Å². The maximum Gasteiger partial charge on any atom is 0.325 e. The number of hydrogen-bond donors (Lipinski definition) is 2. The Bertz CT molecular complexity index is 394. The molecule has 4 nitrogen and oxygen atoms in total. The van der Waals surface area contributed by atoms with Crippen molar-refractivity contribution in [3.8, 4) is 0 Å². The standard InChI is InChI=1S/C15H23NO3/c1-4-10-15(2,14(18)19-3)16-11-13(17)12-8-6-5-7-9-12/h5-9,13,16-17H,4,10-11H2,1-3H3. The fourth-order valence-corrected chi connectivity index (χ4v) is 2.10. The predicted octanol–water partition coefficient (Wildman–Crippen LogP) is 2.04. The first-order valence-electron chi connectivity index (χ1n) is 6.60. The second-order valence-electron chi connectivity index (χ2n) is 4.88. The molecule has 1 rings (SSSR count). The summed E-state index contributed by atoms with van der Waals surface area (Å²) in [6, 6.07) is 9.39. The Balaban J connectivity index is 2.64. The van der Waals surface area contributed by atoms with Gasteiger partial charge in [0.05, 0.1) is 13.2 Å². The third kappa shape index (κ3) is 4.33. The minimum Gasteiger partial charge on any atom is -0.468 e. The summed E-state index contributed by atoms with van der Waals surface area (Å²) >= 11 is 0. The number of esters is 1. The van der Waals surface area contributed by atoms with Gasteiger partial charge in [-0.3, -0.25) is 10.1 Å². The van der Waals surface area contributed by atoms with Gasteiger partial charge in [0.1, 0.15) is 5.54 Å². The van der Waals surface area contributed by atoms with Crippen LogP contribution < -0.4 is 5.32 Å². The molecule has 0 fully saturated rings. The summed E-state index contributed by atoms with van der Waals surface area (Å²) in [5.74, 6) is -0.297. The topological polar surface area (TPSA) is 58.6 Å². The third-order valence-corrected chi connectivity index (χ3v) is 3.26. The predicted molar refractivity (Wildman–Crippen MR) is 74.7 cm³/mol. The zero-order valence-electron chi connectivity index (χ0n) is 11.8. The minimum atomic E-state index is -0.751. The van der Waals surface area contributed by atoms with E-state index in [1.54, 1.807) is 6.92 Å². The normalized spacial score (nSPS) is 15.6. The highest BCUT2D eigenvalue weighted by Crippen LogP contribution is 2.17. The minimum absolute atomic E-state index is 0.297. The van der Waals surface area contributed by atoms with Crippen LogP contribution in [0.1, 0.15) is 38.4 Å². The molecule has 1 aromatic carbocycles. The van der Waals surface area contributed by atoms with Gasteiger partial charge >= 0.3 is 5.97 Å². The number of rotatable bonds is 7. The SMILES string of the molecule is CCCC(C)(NCC(O)c1ccccc1)C(=O)OC. The Morgan fingerprint density at radius 2 is 2.05 bits per heavy atom. The van der Waals surface area contributed by atoms with Crippen LogP contribution in [-0.4, -0.2) is 30.3 Å². The van der Waals surface area contributed by atoms with Crippen molar-refractivity contribution in [2.45, 2.75) is 38.3 Å². The molecule has 4 heteroatoms. The average molecular weight is 265 g/mol. The number of carbonyl (C=O) groups is 1. The first-order valence-corrected chi connectivity index (χ1v) is 6.60. The molecule has 0 spiro atoms. The van der Waals surface area contributed by atoms with E-state index in [-0.39, 0.29) is 5.97 Å². The van der Waals surface area contributed by atoms with Gasteiger partial charge in [0.15, 0.2) is 0 Å². The van der Waals surface area contributed by atoms with Crippen LogP contribution in [0, 0.1) is 0 Å². The average Bonchev–Trinajstić information content (AvgIpc) is 2.45. The summed E-state index contributed by atoms with van der Waals surface area (Å²) < 4.78 is 4.82. The summed E-state index contributed by atoms with van der Waals surface area (Å²) in [6.07, 6.45) is 0.892. The molecule has 0 amide bonds. The van der Waals surface area contributed by atoms with Crippen molar-refractivity contribution in [2.24, 2.45) is 0 Å². The van der Waals surface area contributed by atoms with Gasteiger partial charge in [-0.05, 0) is 18.9 Å². The van der Waals surface area contributed by atoms with Gasteiger partial charge in [-0.1, -0.05) is 43.7 Å². The summed E-state index contributed by atoms with van der Waals surface area (Å²) in [4.78, 5) is 11.8. The molecule has 0 aliphatic rings. The van der Waals surface area contributed by atoms with Crippen molar-refractivity contribution < 1.29 is 14.6 Å². The second kappa shape index (κ2) is 7.26. The molecule has 106 valence electrons. The van der Waals surface area contributed by atoms with Crippen molar-refractivity contribution in [3.05, 3.63) is 35.9 Å². The van der Waals surface area contributed by atoms with Crippen LogP contribution in [0.15, 0.2) is 30.3 Å². The van der Waals surface area contributed by atoms with Crippen LogP contribution in [0.5, 0.6) is 0 Å². The zero-order valence-corrected chi connectivity index (χ0v) is 11.8. The van der Waals surface area contributed by atoms with Crippen LogP contribution in [0.4, 0.5) is 0 Å². The van der Waals surface area contributed by atoms with E-state index in [4.69, 9.17) is 4.74 Å². The largest absolute Gasteiger partial charge is 0.468 e. The smallest absolute Gasteiger partial charge is 0.325 e. The molecule has 0 saturated carbocycles. The maximum absolute atomic E-state index is 11.8. The highest BCUT2D eigenvalue weighted by atomic mass is 16.5. The molecule has 0 saturated heterocycles. The molecule has 0 aromatic heterocycles. The fourth-order valence-electron chi connectivity index (χ4n) is 2.10. The Morgan fingerprint density at radius 1 is 1.42 bits per heavy atom. The lowest BCUT2D eigenvalue weighted by Gasteiger charge is -2.29. The van der Waals surface area contributed by atoms with Crippen molar-refractivity contribution >= 4 is 5.97 Å². The lowest BCUT2D eigenvalue weighted by atomic mass is 9.95. The summed E-state index contributed by atoms with van der Waals surface area (Å²) in [7, 11) is 1.38. The van der Waals surface area contributed by atoms with E-state index in [0.29, 0.717) is 13.0 Å². The molecular formula is C15H23NO3. The maximum atomic E-state index is 11.8. The van der Waals surface area contributed by atoms with Crippen LogP contribution >= 0.6 is 0 Å². The molecule has 0 aliphatic carbocycles. The van der Waals surface area contributed by atoms with Crippen molar-refractivity contribution in [1.82, 2.24) is 5.32 Å². The molecule has 2 N–H and O–H groups in total. The molecule has 0 heterocycles. The van der Waals surface area contributed by atoms with Crippen LogP contribution in [-0.2, 0) is 9.53 Å². The molecule has 0 radical (unpaired) electrons. The van der Waals surface area contributed by atoms with Crippen molar-refractivity contribution in [3.63, 3.8) is 0 Å². The highest BCUT2D eigenvalue weighted by molar-refractivity contribution is 5.80. The van der Waals surface area contributed by atoms with Gasteiger partial charge in [-0.2, -0.15) is 0 Å². The number of hydrogen-bond acceptors (Lipinski definition) is 4. The number of carbonyl (C=O) groups excluding carboxylic acids is 1. The fraction of sp³-hybridized carbons (Fsp3) is 0.533. The van der Waals surface area contributed by atoms with Gasteiger partial charge in [0.25, 0.3) is 0 Å². The molecule has 19 heavy (non-hydrogen) atoms. The first kappa shape index (κ1) is 15.7. The number of methoxy groups -OCH3 is 1. The van der Waals surface area contributed by atoms with Crippen LogP contribution in [0.2, 0.25) is 0 Å². The van der Waals surface area contributed by atoms with Crippen molar-refractivity contribution in [2.75, 3.05) is 13.7 Å². The van der Waals surface area contributed by atoms with Crippen LogP contribution in [0.3, 0.4) is 0 Å². The number of ether oxygens (including phenoxy) is 1. The molecule has 2 atom stereocenters. The monoisotopic (exact) mass is 265 g/mol. The summed E-state index contributed by atoms with van der Waals surface area (Å²) in [6.45, 7) is 4.13. The van der Waals surface area contributed by atoms with E-state index < -0.39 is 11.6 Å². The Morgan fingerprint density at radius 3 is 2.58 bits per heavy atom. The van der Waals surface area contributed by atoms with Gasteiger partial charge < -0.3 is 9.84 Å².